The third-order valence-corrected chi connectivity index (χ3v) is 2.48. The first-order valence-electron chi connectivity index (χ1n) is 4.77. The van der Waals surface area contributed by atoms with Crippen LogP contribution >= 0.6 is 0 Å². The minimum atomic E-state index is 0.103. The standard InChI is InChI=1S/C9H20N2O2/c1-12-6-7(10)5-11-8-3-9(4-8)13-2/h7-9,11H,3-6,10H2,1-2H3. The van der Waals surface area contributed by atoms with Crippen molar-refractivity contribution < 1.29 is 9.47 Å². The van der Waals surface area contributed by atoms with Crippen LogP contribution in [-0.4, -0.2) is 45.6 Å². The number of nitrogens with two attached hydrogens (primary N) is 1. The third kappa shape index (κ3) is 3.60. The van der Waals surface area contributed by atoms with E-state index in [4.69, 9.17) is 15.2 Å². The Labute approximate surface area is 79.8 Å². The van der Waals surface area contributed by atoms with Crippen LogP contribution in [0.15, 0.2) is 0 Å². The van der Waals surface area contributed by atoms with E-state index in [9.17, 15) is 0 Å². The van der Waals surface area contributed by atoms with Gasteiger partial charge in [0.2, 0.25) is 0 Å². The molecule has 0 aliphatic heterocycles. The number of rotatable bonds is 6. The molecule has 1 aliphatic rings. The summed E-state index contributed by atoms with van der Waals surface area (Å²) in [6.07, 6.45) is 2.67. The molecular weight excluding hydrogens is 168 g/mol. The van der Waals surface area contributed by atoms with Crippen molar-refractivity contribution in [2.45, 2.75) is 31.0 Å². The van der Waals surface area contributed by atoms with Crippen LogP contribution in [0.25, 0.3) is 0 Å². The number of nitrogens with one attached hydrogen (secondary N) is 1. The van der Waals surface area contributed by atoms with Crippen LogP contribution in [0.2, 0.25) is 0 Å². The molecule has 0 amide bonds. The Morgan fingerprint density at radius 2 is 2.15 bits per heavy atom. The Bertz CT molecular complexity index is 138. The Kier molecular flexibility index (Phi) is 4.66. The summed E-state index contributed by atoms with van der Waals surface area (Å²) in [6, 6.07) is 0.694. The second-order valence-electron chi connectivity index (χ2n) is 3.65. The van der Waals surface area contributed by atoms with Crippen LogP contribution in [0.5, 0.6) is 0 Å². The summed E-state index contributed by atoms with van der Waals surface area (Å²) in [5.41, 5.74) is 5.76. The minimum Gasteiger partial charge on any atom is -0.383 e. The van der Waals surface area contributed by atoms with E-state index in [-0.39, 0.29) is 6.04 Å². The number of hydrogen-bond donors (Lipinski definition) is 2. The van der Waals surface area contributed by atoms with E-state index in [0.29, 0.717) is 18.8 Å². The maximum absolute atomic E-state index is 5.76. The smallest absolute Gasteiger partial charge is 0.0626 e. The lowest BCUT2D eigenvalue weighted by Gasteiger charge is -2.35. The summed E-state index contributed by atoms with van der Waals surface area (Å²) in [4.78, 5) is 0. The minimum absolute atomic E-state index is 0.103. The molecule has 1 saturated carbocycles. The van der Waals surface area contributed by atoms with Gasteiger partial charge in [0.15, 0.2) is 0 Å². The Hall–Kier alpha value is -0.160. The lowest BCUT2D eigenvalue weighted by Crippen LogP contribution is -2.49. The van der Waals surface area contributed by atoms with Crippen LogP contribution in [0.4, 0.5) is 0 Å². The fourth-order valence-corrected chi connectivity index (χ4v) is 1.52. The molecular formula is C9H20N2O2. The van der Waals surface area contributed by atoms with Crippen molar-refractivity contribution in [2.75, 3.05) is 27.4 Å². The number of hydrogen-bond acceptors (Lipinski definition) is 4. The highest BCUT2D eigenvalue weighted by Gasteiger charge is 2.28. The third-order valence-electron chi connectivity index (χ3n) is 2.48. The van der Waals surface area contributed by atoms with Gasteiger partial charge in [-0.25, -0.2) is 0 Å². The zero-order chi connectivity index (χ0) is 9.68. The summed E-state index contributed by atoms with van der Waals surface area (Å²) in [5, 5.41) is 3.38. The molecule has 3 N–H and O–H groups in total. The van der Waals surface area contributed by atoms with Gasteiger partial charge in [-0.15, -0.1) is 0 Å². The fourth-order valence-electron chi connectivity index (χ4n) is 1.52. The topological polar surface area (TPSA) is 56.5 Å². The molecule has 78 valence electrons. The van der Waals surface area contributed by atoms with Gasteiger partial charge in [0.05, 0.1) is 12.7 Å². The van der Waals surface area contributed by atoms with Crippen molar-refractivity contribution in [3.05, 3.63) is 0 Å². The predicted molar refractivity (Wildman–Crippen MR) is 51.7 cm³/mol. The molecule has 4 heteroatoms. The van der Waals surface area contributed by atoms with Gasteiger partial charge in [-0.3, -0.25) is 0 Å². The van der Waals surface area contributed by atoms with Gasteiger partial charge >= 0.3 is 0 Å². The average molecular weight is 188 g/mol. The van der Waals surface area contributed by atoms with Crippen LogP contribution < -0.4 is 11.1 Å². The first-order chi connectivity index (χ1) is 6.26. The molecule has 0 aromatic carbocycles. The van der Waals surface area contributed by atoms with E-state index in [0.717, 1.165) is 19.4 Å². The van der Waals surface area contributed by atoms with E-state index in [1.165, 1.54) is 0 Å². The van der Waals surface area contributed by atoms with Gasteiger partial charge in [-0.2, -0.15) is 0 Å². The van der Waals surface area contributed by atoms with Gasteiger partial charge in [-0.1, -0.05) is 0 Å². The molecule has 0 spiro atoms. The molecule has 0 bridgehead atoms. The number of ether oxygens (including phenoxy) is 2. The largest absolute Gasteiger partial charge is 0.383 e. The van der Waals surface area contributed by atoms with Gasteiger partial charge in [0.25, 0.3) is 0 Å². The Morgan fingerprint density at radius 3 is 2.69 bits per heavy atom. The van der Waals surface area contributed by atoms with Gasteiger partial charge in [0, 0.05) is 32.8 Å². The van der Waals surface area contributed by atoms with Gasteiger partial charge in [0.1, 0.15) is 0 Å². The van der Waals surface area contributed by atoms with Crippen molar-refractivity contribution >= 4 is 0 Å². The molecule has 1 unspecified atom stereocenters. The van der Waals surface area contributed by atoms with Crippen molar-refractivity contribution in [3.8, 4) is 0 Å². The number of methoxy groups -OCH3 is 2. The summed E-state index contributed by atoms with van der Waals surface area (Å²) in [6.45, 7) is 1.45. The van der Waals surface area contributed by atoms with Gasteiger partial charge in [-0.05, 0) is 12.8 Å². The van der Waals surface area contributed by atoms with E-state index in [1.54, 1.807) is 14.2 Å². The van der Waals surface area contributed by atoms with Crippen molar-refractivity contribution in [1.29, 1.82) is 0 Å². The molecule has 13 heavy (non-hydrogen) atoms. The zero-order valence-electron chi connectivity index (χ0n) is 8.45. The van der Waals surface area contributed by atoms with E-state index >= 15 is 0 Å². The Morgan fingerprint density at radius 1 is 1.46 bits per heavy atom. The predicted octanol–water partition coefficient (Wildman–Crippen LogP) is -0.273. The molecule has 1 atom stereocenters. The summed E-state index contributed by atoms with van der Waals surface area (Å²) >= 11 is 0. The first kappa shape index (κ1) is 10.9. The van der Waals surface area contributed by atoms with E-state index in [1.807, 2.05) is 0 Å². The van der Waals surface area contributed by atoms with E-state index in [2.05, 4.69) is 5.32 Å². The van der Waals surface area contributed by atoms with Crippen molar-refractivity contribution in [1.82, 2.24) is 5.32 Å². The van der Waals surface area contributed by atoms with Crippen LogP contribution in [0.3, 0.4) is 0 Å². The Balaban J connectivity index is 1.95. The molecule has 4 nitrogen and oxygen atoms in total. The van der Waals surface area contributed by atoms with Crippen molar-refractivity contribution in [3.63, 3.8) is 0 Å². The summed E-state index contributed by atoms with van der Waals surface area (Å²) in [7, 11) is 3.43. The maximum atomic E-state index is 5.76. The maximum Gasteiger partial charge on any atom is 0.0626 e. The molecule has 1 rings (SSSR count). The summed E-state index contributed by atoms with van der Waals surface area (Å²) in [5.74, 6) is 0. The zero-order valence-corrected chi connectivity index (χ0v) is 8.45. The lowest BCUT2D eigenvalue weighted by molar-refractivity contribution is 0.0165. The molecule has 1 fully saturated rings. The van der Waals surface area contributed by atoms with Crippen molar-refractivity contribution in [2.24, 2.45) is 5.73 Å². The highest BCUT2D eigenvalue weighted by atomic mass is 16.5. The average Bonchev–Trinajstić information content (AvgIpc) is 2.02. The normalized spacial score (nSPS) is 29.8. The highest BCUT2D eigenvalue weighted by molar-refractivity contribution is 4.86. The second-order valence-corrected chi connectivity index (χ2v) is 3.65. The monoisotopic (exact) mass is 188 g/mol. The second kappa shape index (κ2) is 5.54. The molecule has 0 radical (unpaired) electrons. The highest BCUT2D eigenvalue weighted by Crippen LogP contribution is 2.22. The lowest BCUT2D eigenvalue weighted by atomic mass is 9.89. The summed E-state index contributed by atoms with van der Waals surface area (Å²) < 4.78 is 10.1. The van der Waals surface area contributed by atoms with Crippen LogP contribution in [0.1, 0.15) is 12.8 Å². The van der Waals surface area contributed by atoms with Crippen LogP contribution in [-0.2, 0) is 9.47 Å². The van der Waals surface area contributed by atoms with Gasteiger partial charge < -0.3 is 20.5 Å². The molecule has 1 aliphatic carbocycles. The fraction of sp³-hybridized carbons (Fsp3) is 1.00. The molecule has 0 aromatic rings. The SMILES string of the molecule is COCC(N)CNC1CC(OC)C1. The first-order valence-corrected chi connectivity index (χ1v) is 4.77. The molecule has 0 heterocycles. The van der Waals surface area contributed by atoms with E-state index < -0.39 is 0 Å². The molecule has 0 aromatic heterocycles. The quantitative estimate of drug-likeness (QED) is 0.602. The van der Waals surface area contributed by atoms with Crippen LogP contribution in [0, 0.1) is 0 Å². The molecule has 0 saturated heterocycles.